The van der Waals surface area contributed by atoms with Gasteiger partial charge < -0.3 is 5.11 Å². The van der Waals surface area contributed by atoms with Gasteiger partial charge in [0.05, 0.1) is 29.1 Å². The molecule has 31 heavy (non-hydrogen) atoms. The molecule has 5 nitrogen and oxygen atoms in total. The number of anilines is 1. The monoisotopic (exact) mass is 470 g/mol. The second-order valence-corrected chi connectivity index (χ2v) is 8.28. The quantitative estimate of drug-likeness (QED) is 0.293. The van der Waals surface area contributed by atoms with Gasteiger partial charge in [0.2, 0.25) is 0 Å². The molecule has 4 aromatic rings. The molecule has 0 spiro atoms. The van der Waals surface area contributed by atoms with E-state index in [0.29, 0.717) is 37.6 Å². The molecule has 0 radical (unpaired) electrons. The maximum absolute atomic E-state index is 12.1. The smallest absolute Gasteiger partial charge is 0.336 e. The van der Waals surface area contributed by atoms with Crippen LogP contribution in [0, 0.1) is 0 Å². The first-order valence-electron chi connectivity index (χ1n) is 9.15. The minimum Gasteiger partial charge on any atom is -0.478 e. The van der Waals surface area contributed by atoms with Crippen molar-refractivity contribution in [3.63, 3.8) is 0 Å². The number of benzene rings is 3. The van der Waals surface area contributed by atoms with E-state index in [1.54, 1.807) is 30.3 Å². The lowest BCUT2D eigenvalue weighted by Gasteiger charge is -2.13. The number of carboxylic acids is 1. The van der Waals surface area contributed by atoms with Crippen LogP contribution in [-0.2, 0) is 4.84 Å². The van der Waals surface area contributed by atoms with Gasteiger partial charge in [0.15, 0.2) is 0 Å². The molecule has 0 aliphatic heterocycles. The fourth-order valence-corrected chi connectivity index (χ4v) is 4.43. The summed E-state index contributed by atoms with van der Waals surface area (Å²) < 4.78 is 0. The molecular formula is C23H16Cl2N2O3S. The van der Waals surface area contributed by atoms with Crippen molar-refractivity contribution in [3.8, 4) is 33.0 Å². The Labute approximate surface area is 192 Å². The van der Waals surface area contributed by atoms with Crippen LogP contribution < -0.4 is 5.48 Å². The molecule has 0 atom stereocenters. The van der Waals surface area contributed by atoms with E-state index in [2.05, 4.69) is 10.5 Å². The molecule has 4 rings (SSSR count). The molecule has 0 aliphatic rings. The summed E-state index contributed by atoms with van der Waals surface area (Å²) in [5.74, 6) is -1.03. The van der Waals surface area contributed by atoms with E-state index >= 15 is 0 Å². The van der Waals surface area contributed by atoms with E-state index in [4.69, 9.17) is 28.0 Å². The van der Waals surface area contributed by atoms with Crippen molar-refractivity contribution in [2.24, 2.45) is 0 Å². The lowest BCUT2D eigenvalue weighted by molar-refractivity contribution is 0.0698. The van der Waals surface area contributed by atoms with Gasteiger partial charge in [-0.1, -0.05) is 53.5 Å². The second-order valence-electron chi connectivity index (χ2n) is 6.58. The zero-order valence-corrected chi connectivity index (χ0v) is 18.6. The molecule has 2 N–H and O–H groups in total. The van der Waals surface area contributed by atoms with Gasteiger partial charge in [-0.25, -0.2) is 9.78 Å². The highest BCUT2D eigenvalue weighted by Crippen LogP contribution is 2.37. The predicted octanol–water partition coefficient (Wildman–Crippen LogP) is 7.12. The molecular weight excluding hydrogens is 455 g/mol. The highest BCUT2D eigenvalue weighted by Gasteiger charge is 2.18. The van der Waals surface area contributed by atoms with Crippen LogP contribution >= 0.6 is 34.5 Å². The minimum atomic E-state index is -1.03. The first kappa shape index (κ1) is 21.3. The number of carboxylic acid groups (broad SMARTS) is 1. The van der Waals surface area contributed by atoms with Gasteiger partial charge >= 0.3 is 5.97 Å². The molecule has 0 fully saturated rings. The second kappa shape index (κ2) is 9.08. The molecule has 1 heterocycles. The maximum atomic E-state index is 12.1. The van der Waals surface area contributed by atoms with Crippen LogP contribution in [-0.4, -0.2) is 23.2 Å². The molecule has 0 bridgehead atoms. The summed E-state index contributed by atoms with van der Waals surface area (Å²) in [6.07, 6.45) is 0. The number of hydrogen-bond acceptors (Lipinski definition) is 5. The zero-order chi connectivity index (χ0) is 22.0. The third-order valence-corrected chi connectivity index (χ3v) is 6.09. The van der Waals surface area contributed by atoms with Crippen molar-refractivity contribution < 1.29 is 14.7 Å². The number of rotatable bonds is 6. The van der Waals surface area contributed by atoms with E-state index in [-0.39, 0.29) is 5.56 Å². The Morgan fingerprint density at radius 2 is 1.84 bits per heavy atom. The Kier molecular flexibility index (Phi) is 6.25. The lowest BCUT2D eigenvalue weighted by Crippen LogP contribution is -2.03. The number of aromatic carboxylic acids is 1. The van der Waals surface area contributed by atoms with E-state index in [1.165, 1.54) is 18.4 Å². The first-order valence-corrected chi connectivity index (χ1v) is 10.8. The molecule has 1 aromatic heterocycles. The Morgan fingerprint density at radius 3 is 2.61 bits per heavy atom. The van der Waals surface area contributed by atoms with Crippen LogP contribution in [0.1, 0.15) is 10.4 Å². The summed E-state index contributed by atoms with van der Waals surface area (Å²) in [5, 5.41) is 13.5. The summed E-state index contributed by atoms with van der Waals surface area (Å²) in [7, 11) is 1.50. The zero-order valence-electron chi connectivity index (χ0n) is 16.2. The molecule has 0 saturated heterocycles. The molecule has 0 aliphatic carbocycles. The predicted molar refractivity (Wildman–Crippen MR) is 126 cm³/mol. The number of nitrogens with zero attached hydrogens (tertiary/aromatic N) is 1. The Balaban J connectivity index is 1.77. The fraction of sp³-hybridized carbons (Fsp3) is 0.0435. The van der Waals surface area contributed by atoms with E-state index in [0.717, 1.165) is 11.1 Å². The van der Waals surface area contributed by atoms with E-state index in [9.17, 15) is 9.90 Å². The van der Waals surface area contributed by atoms with Gasteiger partial charge in [-0.05, 0) is 35.9 Å². The van der Waals surface area contributed by atoms with Crippen LogP contribution in [0.25, 0.3) is 33.0 Å². The summed E-state index contributed by atoms with van der Waals surface area (Å²) in [6.45, 7) is 0. The number of hydrogen-bond donors (Lipinski definition) is 2. The summed E-state index contributed by atoms with van der Waals surface area (Å²) in [4.78, 5) is 21.7. The van der Waals surface area contributed by atoms with Crippen LogP contribution in [0.3, 0.4) is 0 Å². The molecule has 3 aromatic carbocycles. The number of carbonyl (C=O) groups is 1. The average molecular weight is 471 g/mol. The third-order valence-electron chi connectivity index (χ3n) is 4.63. The van der Waals surface area contributed by atoms with E-state index < -0.39 is 5.97 Å². The number of halogens is 2. The van der Waals surface area contributed by atoms with Crippen molar-refractivity contribution in [2.75, 3.05) is 12.6 Å². The van der Waals surface area contributed by atoms with Crippen LogP contribution in [0.15, 0.2) is 66.0 Å². The number of aromatic nitrogens is 1. The van der Waals surface area contributed by atoms with Crippen LogP contribution in [0.4, 0.5) is 5.69 Å². The molecule has 0 unspecified atom stereocenters. The summed E-state index contributed by atoms with van der Waals surface area (Å²) >= 11 is 13.8. The number of para-hydroxylation sites is 1. The van der Waals surface area contributed by atoms with Gasteiger partial charge in [-0.3, -0.25) is 10.3 Å². The summed E-state index contributed by atoms with van der Waals surface area (Å²) in [6, 6.07) is 17.8. The fourth-order valence-electron chi connectivity index (χ4n) is 3.23. The van der Waals surface area contributed by atoms with Crippen molar-refractivity contribution in [1.29, 1.82) is 0 Å². The highest BCUT2D eigenvalue weighted by atomic mass is 35.5. The van der Waals surface area contributed by atoms with Gasteiger partial charge in [-0.15, -0.1) is 11.3 Å². The Hall–Kier alpha value is -2.90. The van der Waals surface area contributed by atoms with Crippen molar-refractivity contribution in [2.45, 2.75) is 0 Å². The van der Waals surface area contributed by atoms with Gasteiger partial charge in [0.25, 0.3) is 0 Å². The minimum absolute atomic E-state index is 0.167. The van der Waals surface area contributed by atoms with Crippen molar-refractivity contribution in [1.82, 2.24) is 4.98 Å². The highest BCUT2D eigenvalue weighted by molar-refractivity contribution is 7.13. The largest absolute Gasteiger partial charge is 0.478 e. The standard InChI is InChI=1S/C23H16Cl2N2O3S/c1-30-27-20-5-3-2-4-16(20)15-8-6-13(10-17(15)23(28)29)22-26-21(12-31-22)18-11-14(24)7-9-19(18)25/h2-12,27H,1H3,(H,28,29). The van der Waals surface area contributed by atoms with Crippen molar-refractivity contribution in [3.05, 3.63) is 81.7 Å². The molecule has 0 saturated carbocycles. The Bertz CT molecular complexity index is 1270. The molecule has 156 valence electrons. The number of nitrogens with one attached hydrogen (secondary N) is 1. The first-order chi connectivity index (χ1) is 15.0. The van der Waals surface area contributed by atoms with Gasteiger partial charge in [-0.2, -0.15) is 0 Å². The maximum Gasteiger partial charge on any atom is 0.336 e. The van der Waals surface area contributed by atoms with Gasteiger partial charge in [0.1, 0.15) is 5.01 Å². The SMILES string of the molecule is CONc1ccccc1-c1ccc(-c2nc(-c3cc(Cl)ccc3Cl)cs2)cc1C(=O)O. The number of thiazole rings is 1. The van der Waals surface area contributed by atoms with Crippen molar-refractivity contribution >= 4 is 46.2 Å². The lowest BCUT2D eigenvalue weighted by atomic mass is 9.96. The molecule has 8 heteroatoms. The summed E-state index contributed by atoms with van der Waals surface area (Å²) in [5.41, 5.74) is 7.04. The van der Waals surface area contributed by atoms with Gasteiger partial charge in [0, 0.05) is 27.1 Å². The third kappa shape index (κ3) is 4.43. The van der Waals surface area contributed by atoms with E-state index in [1.807, 2.05) is 35.7 Å². The van der Waals surface area contributed by atoms with Crippen LogP contribution in [0.5, 0.6) is 0 Å². The average Bonchev–Trinajstić information content (AvgIpc) is 3.26. The molecule has 0 amide bonds. The Morgan fingerprint density at radius 1 is 1.03 bits per heavy atom. The topological polar surface area (TPSA) is 71.5 Å². The normalized spacial score (nSPS) is 10.8. The van der Waals surface area contributed by atoms with Crippen LogP contribution in [0.2, 0.25) is 10.0 Å².